The van der Waals surface area contributed by atoms with Gasteiger partial charge in [-0.05, 0) is 73.5 Å². The maximum atomic E-state index is 12.4. The minimum absolute atomic E-state index is 0.320. The van der Waals surface area contributed by atoms with E-state index in [0.29, 0.717) is 17.1 Å². The Morgan fingerprint density at radius 2 is 1.32 bits per heavy atom. The zero-order chi connectivity index (χ0) is 23.2. The SMILES string of the molecule is O=C(Nc1ccc(Oc2ccccc2)cc1)Nc1ccc(-c2ccc(N3CCCC3)nn2)cc1. The number of rotatable bonds is 6. The summed E-state index contributed by atoms with van der Waals surface area (Å²) in [5.41, 5.74) is 3.10. The highest BCUT2D eigenvalue weighted by Crippen LogP contribution is 2.24. The maximum absolute atomic E-state index is 12.4. The molecule has 1 saturated heterocycles. The fourth-order valence-corrected chi connectivity index (χ4v) is 3.84. The van der Waals surface area contributed by atoms with E-state index >= 15 is 0 Å². The first-order chi connectivity index (χ1) is 16.7. The van der Waals surface area contributed by atoms with Gasteiger partial charge in [0.15, 0.2) is 5.82 Å². The van der Waals surface area contributed by atoms with E-state index in [-0.39, 0.29) is 6.03 Å². The van der Waals surface area contributed by atoms with Crippen LogP contribution in [-0.2, 0) is 0 Å². The van der Waals surface area contributed by atoms with E-state index in [4.69, 9.17) is 4.74 Å². The summed E-state index contributed by atoms with van der Waals surface area (Å²) in [5, 5.41) is 14.4. The summed E-state index contributed by atoms with van der Waals surface area (Å²) in [6.45, 7) is 2.09. The second kappa shape index (κ2) is 10.0. The van der Waals surface area contributed by atoms with E-state index in [9.17, 15) is 4.79 Å². The van der Waals surface area contributed by atoms with Crippen LogP contribution >= 0.6 is 0 Å². The predicted molar refractivity (Wildman–Crippen MR) is 135 cm³/mol. The highest BCUT2D eigenvalue weighted by atomic mass is 16.5. The molecule has 0 bridgehead atoms. The number of anilines is 3. The van der Waals surface area contributed by atoms with Crippen molar-refractivity contribution >= 4 is 23.2 Å². The number of amides is 2. The summed E-state index contributed by atoms with van der Waals surface area (Å²) in [6.07, 6.45) is 2.42. The maximum Gasteiger partial charge on any atom is 0.323 e. The van der Waals surface area contributed by atoms with Crippen LogP contribution in [0.3, 0.4) is 0 Å². The first-order valence-corrected chi connectivity index (χ1v) is 11.3. The number of para-hydroxylation sites is 1. The number of carbonyl (C=O) groups is 1. The number of hydrogen-bond acceptors (Lipinski definition) is 5. The molecule has 7 heteroatoms. The summed E-state index contributed by atoms with van der Waals surface area (Å²) in [4.78, 5) is 14.7. The van der Waals surface area contributed by atoms with Gasteiger partial charge in [-0.1, -0.05) is 30.3 Å². The first kappa shape index (κ1) is 21.5. The molecule has 5 rings (SSSR count). The van der Waals surface area contributed by atoms with Gasteiger partial charge in [0.1, 0.15) is 11.5 Å². The minimum atomic E-state index is -0.320. The fraction of sp³-hybridized carbons (Fsp3) is 0.148. The molecular formula is C27H25N5O2. The van der Waals surface area contributed by atoms with Crippen molar-refractivity contribution in [1.29, 1.82) is 0 Å². The standard InChI is InChI=1S/C27H25N5O2/c33-27(29-22-12-14-24(15-13-22)34-23-6-2-1-3-7-23)28-21-10-8-20(9-11-21)25-16-17-26(31-30-25)32-18-4-5-19-32/h1-3,6-17H,4-5,18-19H2,(H2,28,29,33). The number of aromatic nitrogens is 2. The van der Waals surface area contributed by atoms with Crippen molar-refractivity contribution in [2.24, 2.45) is 0 Å². The normalized spacial score (nSPS) is 12.9. The van der Waals surface area contributed by atoms with Gasteiger partial charge in [-0.25, -0.2) is 4.79 Å². The topological polar surface area (TPSA) is 79.4 Å². The number of benzene rings is 3. The van der Waals surface area contributed by atoms with Crippen molar-refractivity contribution in [2.45, 2.75) is 12.8 Å². The molecule has 1 fully saturated rings. The van der Waals surface area contributed by atoms with Gasteiger partial charge in [0.25, 0.3) is 0 Å². The third kappa shape index (κ3) is 5.32. The lowest BCUT2D eigenvalue weighted by Crippen LogP contribution is -2.19. The number of hydrogen-bond donors (Lipinski definition) is 2. The summed E-state index contributed by atoms with van der Waals surface area (Å²) in [7, 11) is 0. The molecule has 0 unspecified atom stereocenters. The van der Waals surface area contributed by atoms with Crippen LogP contribution in [-0.4, -0.2) is 29.3 Å². The Balaban J connectivity index is 1.15. The molecule has 0 radical (unpaired) electrons. The van der Waals surface area contributed by atoms with Crippen LogP contribution in [0.25, 0.3) is 11.3 Å². The largest absolute Gasteiger partial charge is 0.457 e. The van der Waals surface area contributed by atoms with Crippen LogP contribution in [0.1, 0.15) is 12.8 Å². The Hall–Kier alpha value is -4.39. The van der Waals surface area contributed by atoms with Gasteiger partial charge < -0.3 is 20.3 Å². The average Bonchev–Trinajstić information content (AvgIpc) is 3.42. The van der Waals surface area contributed by atoms with Gasteiger partial charge in [0.2, 0.25) is 0 Å². The van der Waals surface area contributed by atoms with Crippen molar-refractivity contribution in [3.05, 3.63) is 91.0 Å². The Bertz CT molecular complexity index is 1220. The highest BCUT2D eigenvalue weighted by molar-refractivity contribution is 5.99. The predicted octanol–water partition coefficient (Wildman–Crippen LogP) is 6.18. The molecule has 170 valence electrons. The Morgan fingerprint density at radius 1 is 0.706 bits per heavy atom. The van der Waals surface area contributed by atoms with E-state index in [1.165, 1.54) is 12.8 Å². The number of nitrogens with zero attached hydrogens (tertiary/aromatic N) is 3. The minimum Gasteiger partial charge on any atom is -0.457 e. The summed E-state index contributed by atoms with van der Waals surface area (Å²) in [6, 6.07) is 28.0. The third-order valence-corrected chi connectivity index (χ3v) is 5.61. The van der Waals surface area contributed by atoms with Gasteiger partial charge in [-0.2, -0.15) is 0 Å². The molecule has 34 heavy (non-hydrogen) atoms. The van der Waals surface area contributed by atoms with Gasteiger partial charge >= 0.3 is 6.03 Å². The third-order valence-electron chi connectivity index (χ3n) is 5.61. The molecule has 0 aliphatic carbocycles. The van der Waals surface area contributed by atoms with Crippen LogP contribution in [0.2, 0.25) is 0 Å². The van der Waals surface area contributed by atoms with Crippen molar-refractivity contribution in [1.82, 2.24) is 10.2 Å². The molecule has 2 amide bonds. The molecular weight excluding hydrogens is 426 g/mol. The second-order valence-corrected chi connectivity index (χ2v) is 8.07. The Kier molecular flexibility index (Phi) is 6.34. The van der Waals surface area contributed by atoms with Gasteiger partial charge in [0, 0.05) is 30.0 Å². The Labute approximate surface area is 198 Å². The summed E-state index contributed by atoms with van der Waals surface area (Å²) < 4.78 is 5.77. The van der Waals surface area contributed by atoms with E-state index in [1.807, 2.05) is 78.9 Å². The van der Waals surface area contributed by atoms with Crippen molar-refractivity contribution in [2.75, 3.05) is 28.6 Å². The van der Waals surface area contributed by atoms with Crippen molar-refractivity contribution in [3.63, 3.8) is 0 Å². The van der Waals surface area contributed by atoms with Gasteiger partial charge in [-0.3, -0.25) is 0 Å². The molecule has 1 aliphatic heterocycles. The van der Waals surface area contributed by atoms with Crippen LogP contribution < -0.4 is 20.3 Å². The van der Waals surface area contributed by atoms with Crippen LogP contribution in [0.15, 0.2) is 91.0 Å². The monoisotopic (exact) mass is 451 g/mol. The average molecular weight is 452 g/mol. The fourth-order valence-electron chi connectivity index (χ4n) is 3.84. The summed E-state index contributed by atoms with van der Waals surface area (Å²) >= 11 is 0. The van der Waals surface area contributed by atoms with E-state index < -0.39 is 0 Å². The number of carbonyl (C=O) groups excluding carboxylic acids is 1. The molecule has 4 aromatic rings. The summed E-state index contributed by atoms with van der Waals surface area (Å²) in [5.74, 6) is 2.39. The quantitative estimate of drug-likeness (QED) is 0.366. The van der Waals surface area contributed by atoms with Crippen molar-refractivity contribution in [3.8, 4) is 22.8 Å². The Morgan fingerprint density at radius 3 is 1.94 bits per heavy atom. The number of nitrogens with one attached hydrogen (secondary N) is 2. The molecule has 0 saturated carbocycles. The van der Waals surface area contributed by atoms with E-state index in [0.717, 1.165) is 35.9 Å². The zero-order valence-electron chi connectivity index (χ0n) is 18.6. The molecule has 0 spiro atoms. The lowest BCUT2D eigenvalue weighted by Gasteiger charge is -2.15. The second-order valence-electron chi connectivity index (χ2n) is 8.07. The lowest BCUT2D eigenvalue weighted by atomic mass is 10.1. The lowest BCUT2D eigenvalue weighted by molar-refractivity contribution is 0.262. The van der Waals surface area contributed by atoms with Gasteiger partial charge in [0.05, 0.1) is 5.69 Å². The molecule has 2 heterocycles. The molecule has 7 nitrogen and oxygen atoms in total. The zero-order valence-corrected chi connectivity index (χ0v) is 18.6. The van der Waals surface area contributed by atoms with Crippen LogP contribution in [0.5, 0.6) is 11.5 Å². The molecule has 2 N–H and O–H groups in total. The first-order valence-electron chi connectivity index (χ1n) is 11.3. The highest BCUT2D eigenvalue weighted by Gasteiger charge is 2.14. The van der Waals surface area contributed by atoms with Crippen LogP contribution in [0, 0.1) is 0 Å². The molecule has 3 aromatic carbocycles. The molecule has 1 aromatic heterocycles. The molecule has 1 aliphatic rings. The van der Waals surface area contributed by atoms with Gasteiger partial charge in [-0.15, -0.1) is 10.2 Å². The van der Waals surface area contributed by atoms with Crippen LogP contribution in [0.4, 0.5) is 22.0 Å². The van der Waals surface area contributed by atoms with E-state index in [2.05, 4.69) is 25.7 Å². The molecule has 0 atom stereocenters. The number of ether oxygens (including phenoxy) is 1. The number of urea groups is 1. The smallest absolute Gasteiger partial charge is 0.323 e. The van der Waals surface area contributed by atoms with Crippen molar-refractivity contribution < 1.29 is 9.53 Å². The van der Waals surface area contributed by atoms with E-state index in [1.54, 1.807) is 12.1 Å².